The van der Waals surface area contributed by atoms with Gasteiger partial charge in [0, 0.05) is 36.5 Å². The fraction of sp³-hybridized carbons (Fsp3) is 0.480. The number of nitrogens with zero attached hydrogens (tertiary/aromatic N) is 1. The molecule has 29 heavy (non-hydrogen) atoms. The highest BCUT2D eigenvalue weighted by Gasteiger charge is 2.18. The third kappa shape index (κ3) is 5.10. The van der Waals surface area contributed by atoms with Crippen LogP contribution in [0.2, 0.25) is 0 Å². The number of ether oxygens (including phenoxy) is 2. The van der Waals surface area contributed by atoms with E-state index < -0.39 is 0 Å². The van der Waals surface area contributed by atoms with Crippen molar-refractivity contribution in [3.8, 4) is 17.6 Å². The first-order chi connectivity index (χ1) is 14.1. The molecule has 152 valence electrons. The van der Waals surface area contributed by atoms with Gasteiger partial charge in [0.05, 0.1) is 12.6 Å². The Bertz CT molecular complexity index is 954. The zero-order chi connectivity index (χ0) is 20.2. The van der Waals surface area contributed by atoms with Gasteiger partial charge in [0.2, 0.25) is 0 Å². The van der Waals surface area contributed by atoms with Crippen LogP contribution in [0, 0.1) is 30.6 Å². The minimum atomic E-state index is -0.0440. The predicted octanol–water partition coefficient (Wildman–Crippen LogP) is 4.33. The van der Waals surface area contributed by atoms with E-state index >= 15 is 0 Å². The molecule has 1 aliphatic carbocycles. The second-order valence-electron chi connectivity index (χ2n) is 8.25. The Kier molecular flexibility index (Phi) is 6.06. The zero-order valence-corrected chi connectivity index (χ0v) is 17.3. The van der Waals surface area contributed by atoms with E-state index in [1.807, 2.05) is 29.7 Å². The maximum Gasteiger partial charge on any atom is 0.254 e. The van der Waals surface area contributed by atoms with E-state index in [-0.39, 0.29) is 11.6 Å². The quantitative estimate of drug-likeness (QED) is 0.712. The van der Waals surface area contributed by atoms with Gasteiger partial charge >= 0.3 is 0 Å². The van der Waals surface area contributed by atoms with Crippen molar-refractivity contribution < 1.29 is 9.47 Å². The van der Waals surface area contributed by atoms with Crippen molar-refractivity contribution in [1.29, 1.82) is 0 Å². The molecule has 2 fully saturated rings. The first kappa shape index (κ1) is 19.8. The van der Waals surface area contributed by atoms with Crippen molar-refractivity contribution in [2.24, 2.45) is 11.8 Å². The topological polar surface area (TPSA) is 40.5 Å². The molecule has 0 unspecified atom stereocenters. The molecule has 0 spiro atoms. The van der Waals surface area contributed by atoms with Gasteiger partial charge in [-0.2, -0.15) is 0 Å². The van der Waals surface area contributed by atoms with Crippen molar-refractivity contribution in [3.05, 3.63) is 63.6 Å². The van der Waals surface area contributed by atoms with Gasteiger partial charge in [0.1, 0.15) is 5.75 Å². The molecule has 1 aromatic carbocycles. The van der Waals surface area contributed by atoms with Crippen LogP contribution < -0.4 is 10.3 Å². The van der Waals surface area contributed by atoms with Crippen LogP contribution in [0.25, 0.3) is 0 Å². The molecule has 2 heterocycles. The van der Waals surface area contributed by atoms with Crippen molar-refractivity contribution in [3.63, 3.8) is 0 Å². The number of aryl methyl sites for hydroxylation is 1. The Morgan fingerprint density at radius 1 is 1.14 bits per heavy atom. The van der Waals surface area contributed by atoms with E-state index in [1.165, 1.54) is 12.8 Å². The number of pyridine rings is 1. The summed E-state index contributed by atoms with van der Waals surface area (Å²) in [4.78, 5) is 12.8. The Labute approximate surface area is 172 Å². The van der Waals surface area contributed by atoms with Crippen LogP contribution in [0.4, 0.5) is 0 Å². The molecule has 1 aromatic heterocycles. The lowest BCUT2D eigenvalue weighted by Crippen LogP contribution is -2.26. The summed E-state index contributed by atoms with van der Waals surface area (Å²) in [6, 6.07) is 11.8. The second-order valence-corrected chi connectivity index (χ2v) is 8.25. The molecule has 2 aromatic rings. The third-order valence-corrected chi connectivity index (χ3v) is 5.84. The zero-order valence-electron chi connectivity index (χ0n) is 17.3. The molecular formula is C25H29NO3. The van der Waals surface area contributed by atoms with Crippen LogP contribution in [0.15, 0.2) is 41.2 Å². The molecule has 1 aliphatic heterocycles. The number of benzene rings is 1. The van der Waals surface area contributed by atoms with Crippen LogP contribution in [0.3, 0.4) is 0 Å². The van der Waals surface area contributed by atoms with Crippen LogP contribution in [0.5, 0.6) is 5.75 Å². The fourth-order valence-electron chi connectivity index (χ4n) is 3.80. The molecule has 4 rings (SSSR count). The van der Waals surface area contributed by atoms with Crippen LogP contribution in [0.1, 0.15) is 55.5 Å². The SMILES string of the molecule is Cc1cc(OCC2CCOCC2)cc(=O)n1[C@H](C)c1ccc(C#CC2CC2)cc1. The summed E-state index contributed by atoms with van der Waals surface area (Å²) in [6.07, 6.45) is 4.51. The van der Waals surface area contributed by atoms with Crippen LogP contribution in [-0.2, 0) is 4.74 Å². The summed E-state index contributed by atoms with van der Waals surface area (Å²) in [6.45, 7) is 6.27. The first-order valence-corrected chi connectivity index (χ1v) is 10.7. The minimum absolute atomic E-state index is 0.0305. The van der Waals surface area contributed by atoms with Gasteiger partial charge in [0.15, 0.2) is 0 Å². The van der Waals surface area contributed by atoms with Crippen molar-refractivity contribution in [2.45, 2.75) is 45.6 Å². The molecule has 0 N–H and O–H groups in total. The summed E-state index contributed by atoms with van der Waals surface area (Å²) in [5.41, 5.74) is 3.01. The molecule has 1 saturated heterocycles. The normalized spacial score (nSPS) is 18.0. The first-order valence-electron chi connectivity index (χ1n) is 10.7. The Morgan fingerprint density at radius 2 is 1.86 bits per heavy atom. The van der Waals surface area contributed by atoms with Crippen molar-refractivity contribution in [2.75, 3.05) is 19.8 Å². The number of hydrogen-bond donors (Lipinski definition) is 0. The lowest BCUT2D eigenvalue weighted by molar-refractivity contribution is 0.0497. The average Bonchev–Trinajstić information content (AvgIpc) is 3.56. The largest absolute Gasteiger partial charge is 0.493 e. The van der Waals surface area contributed by atoms with Gasteiger partial charge in [-0.25, -0.2) is 0 Å². The number of rotatable bonds is 5. The molecular weight excluding hydrogens is 362 g/mol. The maximum atomic E-state index is 12.8. The smallest absolute Gasteiger partial charge is 0.254 e. The van der Waals surface area contributed by atoms with Gasteiger partial charge in [-0.1, -0.05) is 24.0 Å². The highest BCUT2D eigenvalue weighted by atomic mass is 16.5. The van der Waals surface area contributed by atoms with Gasteiger partial charge in [-0.15, -0.1) is 0 Å². The monoisotopic (exact) mass is 391 g/mol. The van der Waals surface area contributed by atoms with Gasteiger partial charge < -0.3 is 14.0 Å². The number of hydrogen-bond acceptors (Lipinski definition) is 3. The van der Waals surface area contributed by atoms with E-state index in [9.17, 15) is 4.79 Å². The van der Waals surface area contributed by atoms with Crippen LogP contribution >= 0.6 is 0 Å². The maximum absolute atomic E-state index is 12.8. The van der Waals surface area contributed by atoms with Gasteiger partial charge in [-0.05, 0) is 69.2 Å². The molecule has 1 atom stereocenters. The highest BCUT2D eigenvalue weighted by Crippen LogP contribution is 2.27. The fourth-order valence-corrected chi connectivity index (χ4v) is 3.80. The van der Waals surface area contributed by atoms with E-state index in [0.717, 1.165) is 42.9 Å². The Balaban J connectivity index is 1.45. The van der Waals surface area contributed by atoms with E-state index in [2.05, 4.69) is 30.9 Å². The molecule has 1 saturated carbocycles. The Hall–Kier alpha value is -2.51. The van der Waals surface area contributed by atoms with Gasteiger partial charge in [-0.3, -0.25) is 4.79 Å². The van der Waals surface area contributed by atoms with E-state index in [0.29, 0.717) is 24.2 Å². The third-order valence-electron chi connectivity index (χ3n) is 5.84. The van der Waals surface area contributed by atoms with Crippen molar-refractivity contribution in [1.82, 2.24) is 4.57 Å². The molecule has 4 nitrogen and oxygen atoms in total. The highest BCUT2D eigenvalue weighted by molar-refractivity contribution is 5.38. The molecule has 0 amide bonds. The number of aromatic nitrogens is 1. The average molecular weight is 392 g/mol. The molecule has 0 radical (unpaired) electrons. The summed E-state index contributed by atoms with van der Waals surface area (Å²) in [7, 11) is 0. The summed E-state index contributed by atoms with van der Waals surface area (Å²) in [5, 5.41) is 0. The molecule has 0 bridgehead atoms. The van der Waals surface area contributed by atoms with E-state index in [1.54, 1.807) is 6.07 Å². The van der Waals surface area contributed by atoms with Gasteiger partial charge in [0.25, 0.3) is 5.56 Å². The summed E-state index contributed by atoms with van der Waals surface area (Å²) >= 11 is 0. The van der Waals surface area contributed by atoms with E-state index in [4.69, 9.17) is 9.47 Å². The van der Waals surface area contributed by atoms with Crippen molar-refractivity contribution >= 4 is 0 Å². The molecule has 4 heteroatoms. The summed E-state index contributed by atoms with van der Waals surface area (Å²) < 4.78 is 13.1. The second kappa shape index (κ2) is 8.88. The predicted molar refractivity (Wildman–Crippen MR) is 114 cm³/mol. The lowest BCUT2D eigenvalue weighted by Gasteiger charge is -2.23. The van der Waals surface area contributed by atoms with Crippen LogP contribution in [-0.4, -0.2) is 24.4 Å². The Morgan fingerprint density at radius 3 is 2.52 bits per heavy atom. The molecule has 2 aliphatic rings. The minimum Gasteiger partial charge on any atom is -0.493 e. The summed E-state index contributed by atoms with van der Waals surface area (Å²) in [5.74, 6) is 8.29. The standard InChI is InChI=1S/C25H29NO3/c1-18-15-24(29-17-22-11-13-28-14-12-22)16-25(27)26(18)19(2)23-9-7-21(8-10-23)6-5-20-3-4-20/h7-10,15-16,19-20,22H,3-4,11-14,17H2,1-2H3/t19-/m1/s1. The lowest BCUT2D eigenvalue weighted by atomic mass is 10.0.